The summed E-state index contributed by atoms with van der Waals surface area (Å²) in [6, 6.07) is 2.16. The molecule has 1 aliphatic heterocycles. The maximum absolute atomic E-state index is 5.24. The van der Waals surface area contributed by atoms with E-state index >= 15 is 0 Å². The molecule has 0 spiro atoms. The molecule has 0 bridgehead atoms. The molecule has 0 radical (unpaired) electrons. The maximum atomic E-state index is 5.24. The number of aryl methyl sites for hydroxylation is 1. The lowest BCUT2D eigenvalue weighted by Crippen LogP contribution is -2.17. The molecule has 2 heterocycles. The Bertz CT molecular complexity index is 380. The van der Waals surface area contributed by atoms with Crippen LogP contribution in [0.5, 0.6) is 0 Å². The third-order valence-corrected chi connectivity index (χ3v) is 3.51. The Morgan fingerprint density at radius 3 is 2.88 bits per heavy atom. The number of rotatable bonds is 3. The van der Waals surface area contributed by atoms with Crippen molar-refractivity contribution in [3.63, 3.8) is 0 Å². The van der Waals surface area contributed by atoms with Crippen molar-refractivity contribution in [1.82, 2.24) is 4.98 Å². The van der Waals surface area contributed by atoms with Crippen molar-refractivity contribution >= 4 is 28.4 Å². The molecule has 4 nitrogen and oxygen atoms in total. The third-order valence-electron chi connectivity index (χ3n) is 2.65. The van der Waals surface area contributed by atoms with Gasteiger partial charge in [-0.3, -0.25) is 0 Å². The van der Waals surface area contributed by atoms with Gasteiger partial charge in [-0.2, -0.15) is 0 Å². The van der Waals surface area contributed by atoms with E-state index in [1.807, 2.05) is 0 Å². The van der Waals surface area contributed by atoms with Crippen LogP contribution in [0.15, 0.2) is 6.07 Å². The summed E-state index contributed by atoms with van der Waals surface area (Å²) in [6.45, 7) is 0.991. The molecular weight excluding hydrogens is 319 g/mol. The molecule has 1 aliphatic rings. The van der Waals surface area contributed by atoms with Gasteiger partial charge in [0.25, 0.3) is 0 Å². The van der Waals surface area contributed by atoms with Crippen LogP contribution in [0.25, 0.3) is 0 Å². The van der Waals surface area contributed by atoms with Gasteiger partial charge in [-0.15, -0.1) is 0 Å². The minimum atomic E-state index is -0.388. The minimum Gasteiger partial charge on any atom is -0.370 e. The zero-order valence-corrected chi connectivity index (χ0v) is 11.6. The Labute approximate surface area is 109 Å². The summed E-state index contributed by atoms with van der Waals surface area (Å²) in [7, 11) is 3.25. The molecule has 0 atom stereocenters. The Hall–Kier alpha value is -0.400. The van der Waals surface area contributed by atoms with Gasteiger partial charge >= 0.3 is 0 Å². The standard InChI is InChI=1S/C11H15IN2O2/c1-15-11(16-2)9-8(12)6-7-4-3-5-13-10(7)14-9/h6,11H,3-5H2,1-2H3,(H,13,14). The van der Waals surface area contributed by atoms with E-state index in [0.29, 0.717) is 0 Å². The molecule has 0 saturated heterocycles. The van der Waals surface area contributed by atoms with E-state index in [9.17, 15) is 0 Å². The number of pyridine rings is 1. The lowest BCUT2D eigenvalue weighted by atomic mass is 10.1. The normalized spacial score (nSPS) is 14.8. The monoisotopic (exact) mass is 334 g/mol. The molecule has 1 aromatic heterocycles. The van der Waals surface area contributed by atoms with E-state index in [2.05, 4.69) is 39.0 Å². The lowest BCUT2D eigenvalue weighted by molar-refractivity contribution is -0.109. The van der Waals surface area contributed by atoms with Crippen LogP contribution in [-0.4, -0.2) is 25.7 Å². The summed E-state index contributed by atoms with van der Waals surface area (Å²) in [5.41, 5.74) is 2.13. The number of methoxy groups -OCH3 is 2. The van der Waals surface area contributed by atoms with Crippen LogP contribution in [0.3, 0.4) is 0 Å². The number of aromatic nitrogens is 1. The van der Waals surface area contributed by atoms with Crippen molar-refractivity contribution in [1.29, 1.82) is 0 Å². The number of hydrogen-bond acceptors (Lipinski definition) is 4. The summed E-state index contributed by atoms with van der Waals surface area (Å²) in [5, 5.41) is 3.31. The first kappa shape index (κ1) is 12.1. The fraction of sp³-hybridized carbons (Fsp3) is 0.545. The number of hydrogen-bond donors (Lipinski definition) is 1. The van der Waals surface area contributed by atoms with E-state index < -0.39 is 0 Å². The SMILES string of the molecule is COC(OC)c1nc2c(cc1I)CCCN2. The third kappa shape index (κ3) is 2.31. The first-order valence-corrected chi connectivity index (χ1v) is 6.33. The van der Waals surface area contributed by atoms with Crippen LogP contribution < -0.4 is 5.32 Å². The highest BCUT2D eigenvalue weighted by atomic mass is 127. The van der Waals surface area contributed by atoms with Crippen molar-refractivity contribution in [3.8, 4) is 0 Å². The summed E-state index contributed by atoms with van der Waals surface area (Å²) < 4.78 is 11.6. The molecular formula is C11H15IN2O2. The van der Waals surface area contributed by atoms with Crippen molar-refractivity contribution in [3.05, 3.63) is 20.9 Å². The van der Waals surface area contributed by atoms with Gasteiger partial charge in [0.1, 0.15) is 11.5 Å². The van der Waals surface area contributed by atoms with E-state index in [4.69, 9.17) is 9.47 Å². The molecule has 1 aromatic rings. The quantitative estimate of drug-likeness (QED) is 0.681. The van der Waals surface area contributed by atoms with Gasteiger partial charge in [0.2, 0.25) is 6.29 Å². The number of halogens is 1. The molecule has 0 amide bonds. The van der Waals surface area contributed by atoms with Crippen LogP contribution in [-0.2, 0) is 15.9 Å². The average Bonchev–Trinajstić information content (AvgIpc) is 2.31. The van der Waals surface area contributed by atoms with E-state index in [1.54, 1.807) is 14.2 Å². The van der Waals surface area contributed by atoms with E-state index in [0.717, 1.165) is 28.0 Å². The zero-order chi connectivity index (χ0) is 11.5. The Morgan fingerprint density at radius 2 is 2.19 bits per heavy atom. The van der Waals surface area contributed by atoms with Crippen LogP contribution in [0.2, 0.25) is 0 Å². The van der Waals surface area contributed by atoms with Gasteiger partial charge in [-0.25, -0.2) is 4.98 Å². The number of ether oxygens (including phenoxy) is 2. The van der Waals surface area contributed by atoms with Crippen LogP contribution in [0.4, 0.5) is 5.82 Å². The molecule has 16 heavy (non-hydrogen) atoms. The minimum absolute atomic E-state index is 0.388. The van der Waals surface area contributed by atoms with Crippen LogP contribution >= 0.6 is 22.6 Å². The highest BCUT2D eigenvalue weighted by molar-refractivity contribution is 14.1. The number of fused-ring (bicyclic) bond motifs is 1. The Balaban J connectivity index is 2.38. The molecule has 88 valence electrons. The van der Waals surface area contributed by atoms with Gasteiger partial charge < -0.3 is 14.8 Å². The van der Waals surface area contributed by atoms with Crippen molar-refractivity contribution in [2.45, 2.75) is 19.1 Å². The summed E-state index contributed by atoms with van der Waals surface area (Å²) in [5.74, 6) is 0.973. The second-order valence-electron chi connectivity index (χ2n) is 3.70. The smallest absolute Gasteiger partial charge is 0.201 e. The highest BCUT2D eigenvalue weighted by Crippen LogP contribution is 2.28. The molecule has 0 fully saturated rings. The van der Waals surface area contributed by atoms with Crippen molar-refractivity contribution in [2.24, 2.45) is 0 Å². The molecule has 0 aromatic carbocycles. The van der Waals surface area contributed by atoms with Gasteiger partial charge in [0.15, 0.2) is 0 Å². The first-order chi connectivity index (χ1) is 7.76. The lowest BCUT2D eigenvalue weighted by Gasteiger charge is -2.21. The number of nitrogens with zero attached hydrogens (tertiary/aromatic N) is 1. The second-order valence-corrected chi connectivity index (χ2v) is 4.86. The summed E-state index contributed by atoms with van der Waals surface area (Å²) >= 11 is 2.28. The van der Waals surface area contributed by atoms with Gasteiger partial charge in [0.05, 0.1) is 0 Å². The predicted octanol–water partition coefficient (Wildman–Crippen LogP) is 2.34. The largest absolute Gasteiger partial charge is 0.370 e. The van der Waals surface area contributed by atoms with E-state index in [1.165, 1.54) is 12.0 Å². The average molecular weight is 334 g/mol. The summed E-state index contributed by atoms with van der Waals surface area (Å²) in [6.07, 6.45) is 1.87. The molecule has 0 aliphatic carbocycles. The van der Waals surface area contributed by atoms with Gasteiger partial charge in [-0.05, 0) is 47.1 Å². The molecule has 5 heteroatoms. The fourth-order valence-electron chi connectivity index (χ4n) is 1.85. The Kier molecular flexibility index (Phi) is 3.99. The zero-order valence-electron chi connectivity index (χ0n) is 9.42. The number of nitrogens with one attached hydrogen (secondary N) is 1. The van der Waals surface area contributed by atoms with Crippen molar-refractivity contribution in [2.75, 3.05) is 26.1 Å². The molecule has 0 unspecified atom stereocenters. The second kappa shape index (κ2) is 5.29. The maximum Gasteiger partial charge on any atom is 0.201 e. The molecule has 1 N–H and O–H groups in total. The van der Waals surface area contributed by atoms with Crippen LogP contribution in [0, 0.1) is 3.57 Å². The number of anilines is 1. The summed E-state index contributed by atoms with van der Waals surface area (Å²) in [4.78, 5) is 4.59. The fourth-order valence-corrected chi connectivity index (χ4v) is 2.61. The van der Waals surface area contributed by atoms with Gasteiger partial charge in [-0.1, -0.05) is 0 Å². The molecule has 2 rings (SSSR count). The Morgan fingerprint density at radius 1 is 1.44 bits per heavy atom. The molecule has 0 saturated carbocycles. The van der Waals surface area contributed by atoms with E-state index in [-0.39, 0.29) is 6.29 Å². The highest BCUT2D eigenvalue weighted by Gasteiger charge is 2.19. The van der Waals surface area contributed by atoms with Gasteiger partial charge in [0, 0.05) is 24.3 Å². The van der Waals surface area contributed by atoms with Crippen molar-refractivity contribution < 1.29 is 9.47 Å². The predicted molar refractivity (Wildman–Crippen MR) is 70.5 cm³/mol. The topological polar surface area (TPSA) is 43.4 Å². The first-order valence-electron chi connectivity index (χ1n) is 5.25. The van der Waals surface area contributed by atoms with Crippen LogP contribution in [0.1, 0.15) is 24.0 Å².